The van der Waals surface area contributed by atoms with Crippen LogP contribution in [0.15, 0.2) is 24.3 Å². The molecule has 0 saturated heterocycles. The third kappa shape index (κ3) is 2.40. The van der Waals surface area contributed by atoms with Gasteiger partial charge in [0.2, 0.25) is 5.91 Å². The fourth-order valence-corrected chi connectivity index (χ4v) is 1.50. The van der Waals surface area contributed by atoms with Crippen LogP contribution in [0.2, 0.25) is 5.02 Å². The second-order valence-electron chi connectivity index (χ2n) is 3.46. The minimum atomic E-state index is -0.172. The predicted molar refractivity (Wildman–Crippen MR) is 56.3 cm³/mol. The third-order valence-corrected chi connectivity index (χ3v) is 2.56. The molecule has 0 aliphatic heterocycles. The summed E-state index contributed by atoms with van der Waals surface area (Å²) in [5, 5.41) is 0.661. The summed E-state index contributed by atoms with van der Waals surface area (Å²) in [5.41, 5.74) is 2.11. The maximum atomic E-state index is 11.1. The van der Waals surface area contributed by atoms with Crippen LogP contribution in [0.3, 0.4) is 0 Å². The minimum absolute atomic E-state index is 0.0604. The SMILES string of the molecule is NNC(=O)C1CC1Oc1ccc(Cl)cc1. The molecular weight excluding hydrogens is 216 g/mol. The molecule has 1 amide bonds. The summed E-state index contributed by atoms with van der Waals surface area (Å²) in [6.45, 7) is 0. The fourth-order valence-electron chi connectivity index (χ4n) is 1.37. The lowest BCUT2D eigenvalue weighted by Gasteiger charge is -2.04. The molecule has 4 nitrogen and oxygen atoms in total. The Kier molecular flexibility index (Phi) is 2.79. The quantitative estimate of drug-likeness (QED) is 0.461. The van der Waals surface area contributed by atoms with Gasteiger partial charge in [0.1, 0.15) is 11.9 Å². The molecule has 1 aliphatic rings. The monoisotopic (exact) mass is 226 g/mol. The Bertz CT molecular complexity index is 366. The zero-order valence-electron chi connectivity index (χ0n) is 7.94. The van der Waals surface area contributed by atoms with Gasteiger partial charge in [-0.2, -0.15) is 0 Å². The van der Waals surface area contributed by atoms with Crippen LogP contribution >= 0.6 is 11.6 Å². The summed E-state index contributed by atoms with van der Waals surface area (Å²) in [4.78, 5) is 11.1. The van der Waals surface area contributed by atoms with Crippen molar-refractivity contribution < 1.29 is 9.53 Å². The van der Waals surface area contributed by atoms with Gasteiger partial charge >= 0.3 is 0 Å². The highest BCUT2D eigenvalue weighted by Crippen LogP contribution is 2.34. The van der Waals surface area contributed by atoms with Crippen molar-refractivity contribution in [3.05, 3.63) is 29.3 Å². The molecule has 1 saturated carbocycles. The number of hydrogen-bond donors (Lipinski definition) is 2. The lowest BCUT2D eigenvalue weighted by molar-refractivity contribution is -0.122. The lowest BCUT2D eigenvalue weighted by Crippen LogP contribution is -2.32. The summed E-state index contributed by atoms with van der Waals surface area (Å²) in [7, 11) is 0. The van der Waals surface area contributed by atoms with Crippen LogP contribution in [0.1, 0.15) is 6.42 Å². The maximum Gasteiger partial charge on any atom is 0.240 e. The first-order valence-corrected chi connectivity index (χ1v) is 5.01. The molecule has 0 heterocycles. The number of nitrogens with two attached hydrogens (primary N) is 1. The van der Waals surface area contributed by atoms with E-state index in [0.717, 1.165) is 5.75 Å². The van der Waals surface area contributed by atoms with Gasteiger partial charge in [-0.15, -0.1) is 0 Å². The molecule has 0 radical (unpaired) electrons. The van der Waals surface area contributed by atoms with Gasteiger partial charge in [0.05, 0.1) is 5.92 Å². The van der Waals surface area contributed by atoms with E-state index in [1.807, 2.05) is 0 Å². The Morgan fingerprint density at radius 3 is 2.73 bits per heavy atom. The number of nitrogens with one attached hydrogen (secondary N) is 1. The Balaban J connectivity index is 1.90. The van der Waals surface area contributed by atoms with E-state index in [1.165, 1.54) is 0 Å². The van der Waals surface area contributed by atoms with Crippen molar-refractivity contribution >= 4 is 17.5 Å². The van der Waals surface area contributed by atoms with Gasteiger partial charge < -0.3 is 4.74 Å². The lowest BCUT2D eigenvalue weighted by atomic mass is 10.3. The second-order valence-corrected chi connectivity index (χ2v) is 3.90. The van der Waals surface area contributed by atoms with Crippen LogP contribution in [0.4, 0.5) is 0 Å². The zero-order valence-corrected chi connectivity index (χ0v) is 8.70. The summed E-state index contributed by atoms with van der Waals surface area (Å²) < 4.78 is 5.54. The number of halogens is 1. The van der Waals surface area contributed by atoms with Gasteiger partial charge in [-0.05, 0) is 24.3 Å². The highest BCUT2D eigenvalue weighted by molar-refractivity contribution is 6.30. The van der Waals surface area contributed by atoms with Crippen molar-refractivity contribution in [3.8, 4) is 5.75 Å². The van der Waals surface area contributed by atoms with Gasteiger partial charge in [-0.1, -0.05) is 11.6 Å². The first-order chi connectivity index (χ1) is 7.20. The number of hydrazine groups is 1. The topological polar surface area (TPSA) is 64.3 Å². The molecule has 1 fully saturated rings. The zero-order chi connectivity index (χ0) is 10.8. The minimum Gasteiger partial charge on any atom is -0.490 e. The third-order valence-electron chi connectivity index (χ3n) is 2.31. The molecule has 15 heavy (non-hydrogen) atoms. The number of amides is 1. The van der Waals surface area contributed by atoms with E-state index in [0.29, 0.717) is 11.4 Å². The summed E-state index contributed by atoms with van der Waals surface area (Å²) in [6, 6.07) is 7.05. The van der Waals surface area contributed by atoms with Gasteiger partial charge in [0.15, 0.2) is 0 Å². The molecule has 80 valence electrons. The Morgan fingerprint density at radius 2 is 2.13 bits per heavy atom. The van der Waals surface area contributed by atoms with E-state index in [2.05, 4.69) is 5.43 Å². The standard InChI is InChI=1S/C10H11ClN2O2/c11-6-1-3-7(4-2-6)15-9-5-8(9)10(14)13-12/h1-4,8-9H,5,12H2,(H,13,14). The Hall–Kier alpha value is -1.26. The number of benzene rings is 1. The van der Waals surface area contributed by atoms with Crippen molar-refractivity contribution in [2.24, 2.45) is 11.8 Å². The summed E-state index contributed by atoms with van der Waals surface area (Å²) >= 11 is 5.73. The van der Waals surface area contributed by atoms with Crippen LogP contribution in [0.5, 0.6) is 5.75 Å². The van der Waals surface area contributed by atoms with E-state index in [-0.39, 0.29) is 17.9 Å². The van der Waals surface area contributed by atoms with Crippen molar-refractivity contribution in [1.82, 2.24) is 5.43 Å². The van der Waals surface area contributed by atoms with Crippen molar-refractivity contribution in [2.75, 3.05) is 0 Å². The summed E-state index contributed by atoms with van der Waals surface area (Å²) in [5.74, 6) is 5.44. The molecule has 1 aromatic carbocycles. The van der Waals surface area contributed by atoms with Crippen LogP contribution < -0.4 is 16.0 Å². The first kappa shape index (κ1) is 10.3. The van der Waals surface area contributed by atoms with Crippen LogP contribution in [0.25, 0.3) is 0 Å². The molecule has 0 bridgehead atoms. The Morgan fingerprint density at radius 1 is 1.47 bits per heavy atom. The van der Waals surface area contributed by atoms with E-state index < -0.39 is 0 Å². The normalized spacial score (nSPS) is 23.3. The van der Waals surface area contributed by atoms with Crippen molar-refractivity contribution in [3.63, 3.8) is 0 Å². The van der Waals surface area contributed by atoms with Gasteiger partial charge in [0, 0.05) is 11.4 Å². The molecule has 1 aromatic rings. The predicted octanol–water partition coefficient (Wildman–Crippen LogP) is 1.10. The molecule has 2 atom stereocenters. The van der Waals surface area contributed by atoms with Crippen molar-refractivity contribution in [1.29, 1.82) is 0 Å². The molecular formula is C10H11ClN2O2. The highest BCUT2D eigenvalue weighted by Gasteiger charge is 2.45. The van der Waals surface area contributed by atoms with E-state index in [4.69, 9.17) is 22.2 Å². The number of rotatable bonds is 3. The molecule has 2 unspecified atom stereocenters. The van der Waals surface area contributed by atoms with E-state index in [1.54, 1.807) is 24.3 Å². The average molecular weight is 227 g/mol. The second kappa shape index (κ2) is 4.08. The van der Waals surface area contributed by atoms with Gasteiger partial charge in [-0.3, -0.25) is 10.2 Å². The van der Waals surface area contributed by atoms with Gasteiger partial charge in [-0.25, -0.2) is 5.84 Å². The largest absolute Gasteiger partial charge is 0.490 e. The molecule has 0 spiro atoms. The molecule has 3 N–H and O–H groups in total. The maximum absolute atomic E-state index is 11.1. The Labute approximate surface area is 92.3 Å². The van der Waals surface area contributed by atoms with Gasteiger partial charge in [0.25, 0.3) is 0 Å². The van der Waals surface area contributed by atoms with Crippen molar-refractivity contribution in [2.45, 2.75) is 12.5 Å². The molecule has 2 rings (SSSR count). The van der Waals surface area contributed by atoms with Crippen LogP contribution in [-0.4, -0.2) is 12.0 Å². The molecule has 1 aliphatic carbocycles. The smallest absolute Gasteiger partial charge is 0.240 e. The molecule has 5 heteroatoms. The molecule has 0 aromatic heterocycles. The number of carbonyl (C=O) groups excluding carboxylic acids is 1. The fraction of sp³-hybridized carbons (Fsp3) is 0.300. The number of hydrogen-bond acceptors (Lipinski definition) is 3. The summed E-state index contributed by atoms with van der Waals surface area (Å²) in [6.07, 6.45) is 0.654. The van der Waals surface area contributed by atoms with E-state index in [9.17, 15) is 4.79 Å². The van der Waals surface area contributed by atoms with Crippen LogP contribution in [0, 0.1) is 5.92 Å². The average Bonchev–Trinajstić information content (AvgIpc) is 3.00. The number of carbonyl (C=O) groups is 1. The van der Waals surface area contributed by atoms with Crippen LogP contribution in [-0.2, 0) is 4.79 Å². The highest BCUT2D eigenvalue weighted by atomic mass is 35.5. The number of ether oxygens (including phenoxy) is 1. The van der Waals surface area contributed by atoms with E-state index >= 15 is 0 Å². The first-order valence-electron chi connectivity index (χ1n) is 4.63.